The molecule has 0 spiro atoms. The van der Waals surface area contributed by atoms with Crippen LogP contribution in [-0.2, 0) is 0 Å². The highest BCUT2D eigenvalue weighted by Gasteiger charge is 2.12. The van der Waals surface area contributed by atoms with Crippen LogP contribution in [0.1, 0.15) is 19.3 Å². The highest BCUT2D eigenvalue weighted by atomic mass is 127. The largest absolute Gasteiger partial charge is 0.395 e. The highest BCUT2D eigenvalue weighted by molar-refractivity contribution is 14.1. The van der Waals surface area contributed by atoms with Gasteiger partial charge < -0.3 is 20.2 Å². The normalized spacial score (nSPS) is 22.6. The quantitative estimate of drug-likeness (QED) is 0.363. The van der Waals surface area contributed by atoms with Crippen molar-refractivity contribution in [2.75, 3.05) is 91.8 Å². The van der Waals surface area contributed by atoms with Crippen molar-refractivity contribution in [1.29, 1.82) is 0 Å². The lowest BCUT2D eigenvalue weighted by molar-refractivity contribution is 0.142. The van der Waals surface area contributed by atoms with Crippen LogP contribution in [0, 0.1) is 0 Å². The second-order valence-corrected chi connectivity index (χ2v) is 8.03. The molecule has 1 fully saturated rings. The lowest BCUT2D eigenvalue weighted by atomic mass is 10.3. The molecular weight excluding hydrogens is 435 g/mol. The second-order valence-electron chi connectivity index (χ2n) is 6.67. The molecule has 0 aliphatic carbocycles. The number of rotatable bonds is 6. The molecule has 0 amide bonds. The molecule has 0 unspecified atom stereocenters. The number of halogens is 1. The molecule has 1 aliphatic rings. The van der Waals surface area contributed by atoms with Gasteiger partial charge in [-0.2, -0.15) is 0 Å². The Bertz CT molecular complexity index is 316. The van der Waals surface area contributed by atoms with Gasteiger partial charge in [-0.1, -0.05) is 0 Å². The maximum Gasteiger partial charge on any atom is 0.0558 e. The minimum absolute atomic E-state index is 0.185. The molecule has 150 valence electrons. The van der Waals surface area contributed by atoms with Gasteiger partial charge >= 0.3 is 0 Å². The number of hydrogen-bond donors (Lipinski definition) is 3. The van der Waals surface area contributed by atoms with E-state index in [0.29, 0.717) is 6.54 Å². The number of β-amino-alcohol motifs (C(OH)–C–C–N with tert-alkyl or cyclic N) is 3. The van der Waals surface area contributed by atoms with Crippen molar-refractivity contribution < 1.29 is 15.3 Å². The first-order valence-corrected chi connectivity index (χ1v) is 10.6. The van der Waals surface area contributed by atoms with Gasteiger partial charge in [-0.05, 0) is 45.4 Å². The van der Waals surface area contributed by atoms with Crippen molar-refractivity contribution >= 4 is 22.9 Å². The van der Waals surface area contributed by atoms with E-state index in [4.69, 9.17) is 0 Å². The van der Waals surface area contributed by atoms with Gasteiger partial charge in [0.05, 0.1) is 19.8 Å². The molecule has 8 heteroatoms. The van der Waals surface area contributed by atoms with Gasteiger partial charge in [0.1, 0.15) is 0 Å². The molecule has 0 aromatic heterocycles. The number of hydrogen-bond acceptors (Lipinski definition) is 7. The fraction of sp³-hybridized carbons (Fsp3) is 1.00. The van der Waals surface area contributed by atoms with Crippen molar-refractivity contribution in [2.45, 2.75) is 19.3 Å². The van der Waals surface area contributed by atoms with Crippen molar-refractivity contribution in [3.8, 4) is 0 Å². The smallest absolute Gasteiger partial charge is 0.0558 e. The van der Waals surface area contributed by atoms with Crippen LogP contribution in [0.25, 0.3) is 0 Å². The Labute approximate surface area is 167 Å². The van der Waals surface area contributed by atoms with Crippen LogP contribution in [0.15, 0.2) is 0 Å². The number of nitrogens with zero attached hydrogens (tertiary/aromatic N) is 4. The third-order valence-corrected chi connectivity index (χ3v) is 5.64. The first kappa shape index (κ1) is 23.5. The summed E-state index contributed by atoms with van der Waals surface area (Å²) in [6.45, 7) is 10.7. The molecule has 1 rings (SSSR count). The summed E-state index contributed by atoms with van der Waals surface area (Å²) in [7, 11) is 0. The summed E-state index contributed by atoms with van der Waals surface area (Å²) in [4.78, 5) is 6.98. The van der Waals surface area contributed by atoms with Gasteiger partial charge in [-0.25, -0.2) is 3.11 Å². The van der Waals surface area contributed by atoms with Crippen molar-refractivity contribution in [3.63, 3.8) is 0 Å². The summed E-state index contributed by atoms with van der Waals surface area (Å²) in [5, 5.41) is 27.9. The van der Waals surface area contributed by atoms with Gasteiger partial charge in [0.15, 0.2) is 0 Å². The Morgan fingerprint density at radius 2 is 0.840 bits per heavy atom. The zero-order valence-corrected chi connectivity index (χ0v) is 17.7. The Morgan fingerprint density at radius 1 is 0.520 bits per heavy atom. The molecule has 25 heavy (non-hydrogen) atoms. The third-order valence-electron chi connectivity index (χ3n) is 4.68. The van der Waals surface area contributed by atoms with E-state index < -0.39 is 0 Å². The van der Waals surface area contributed by atoms with Gasteiger partial charge in [0.25, 0.3) is 0 Å². The topological polar surface area (TPSA) is 73.7 Å². The van der Waals surface area contributed by atoms with Gasteiger partial charge in [0, 0.05) is 68.7 Å². The molecule has 0 aromatic carbocycles. The van der Waals surface area contributed by atoms with Crippen LogP contribution in [0.5, 0.6) is 0 Å². The van der Waals surface area contributed by atoms with Crippen LogP contribution in [0.4, 0.5) is 0 Å². The molecule has 0 saturated carbocycles. The summed E-state index contributed by atoms with van der Waals surface area (Å²) in [6, 6.07) is 0. The molecule has 1 heterocycles. The predicted octanol–water partition coefficient (Wildman–Crippen LogP) is -0.295. The zero-order valence-electron chi connectivity index (χ0n) is 15.5. The Morgan fingerprint density at radius 3 is 1.20 bits per heavy atom. The maximum atomic E-state index is 9.32. The molecule has 3 N–H and O–H groups in total. The van der Waals surface area contributed by atoms with Crippen molar-refractivity contribution in [2.24, 2.45) is 0 Å². The molecule has 0 bridgehead atoms. The van der Waals surface area contributed by atoms with E-state index >= 15 is 0 Å². The minimum atomic E-state index is 0.185. The number of aliphatic hydroxyl groups is 3. The summed E-state index contributed by atoms with van der Waals surface area (Å²) < 4.78 is 2.35. The molecule has 7 nitrogen and oxygen atoms in total. The summed E-state index contributed by atoms with van der Waals surface area (Å²) >= 11 is 2.41. The summed E-state index contributed by atoms with van der Waals surface area (Å²) in [6.07, 6.45) is 3.26. The van der Waals surface area contributed by atoms with Crippen LogP contribution in [0.2, 0.25) is 0 Å². The molecular formula is C17H37IN4O3. The molecule has 1 aliphatic heterocycles. The van der Waals surface area contributed by atoms with E-state index in [1.165, 1.54) is 0 Å². The number of aliphatic hydroxyl groups excluding tert-OH is 3. The Hall–Kier alpha value is 0.450. The molecule has 0 atom stereocenters. The van der Waals surface area contributed by atoms with Crippen molar-refractivity contribution in [1.82, 2.24) is 17.8 Å². The van der Waals surface area contributed by atoms with Crippen molar-refractivity contribution in [3.05, 3.63) is 0 Å². The first-order chi connectivity index (χ1) is 12.2. The SMILES string of the molecule is OCCN1CCCN(I)CCCN(CCO)CCN(CCO)CCC1. The lowest BCUT2D eigenvalue weighted by Gasteiger charge is -2.28. The Balaban J connectivity index is 2.60. The lowest BCUT2D eigenvalue weighted by Crippen LogP contribution is -2.39. The van der Waals surface area contributed by atoms with Gasteiger partial charge in [-0.15, -0.1) is 0 Å². The van der Waals surface area contributed by atoms with Crippen LogP contribution in [0.3, 0.4) is 0 Å². The monoisotopic (exact) mass is 472 g/mol. The highest BCUT2D eigenvalue weighted by Crippen LogP contribution is 2.06. The van der Waals surface area contributed by atoms with Crippen LogP contribution in [-0.4, -0.2) is 125 Å². The predicted molar refractivity (Wildman–Crippen MR) is 110 cm³/mol. The fourth-order valence-corrected chi connectivity index (χ4v) is 3.96. The average Bonchev–Trinajstić information content (AvgIpc) is 2.59. The zero-order chi connectivity index (χ0) is 18.3. The minimum Gasteiger partial charge on any atom is -0.395 e. The molecule has 1 saturated heterocycles. The summed E-state index contributed by atoms with van der Waals surface area (Å²) in [5.74, 6) is 0. The fourth-order valence-electron chi connectivity index (χ4n) is 3.27. The maximum absolute atomic E-state index is 9.32. The Kier molecular flexibility index (Phi) is 14.6. The standard InChI is InChI=1S/C17H37IN4O3/c18-22-8-2-6-19(12-15-23)4-1-5-20(13-16-24)10-11-21(14-17-25)7-3-9-22/h23-25H,1-17H2. The second kappa shape index (κ2) is 15.5. The van der Waals surface area contributed by atoms with E-state index in [1.54, 1.807) is 0 Å². The van der Waals surface area contributed by atoms with E-state index in [2.05, 4.69) is 40.7 Å². The van der Waals surface area contributed by atoms with E-state index in [9.17, 15) is 15.3 Å². The third kappa shape index (κ3) is 11.7. The molecule has 0 radical (unpaired) electrons. The van der Waals surface area contributed by atoms with Gasteiger partial charge in [0.2, 0.25) is 0 Å². The molecule has 0 aromatic rings. The van der Waals surface area contributed by atoms with E-state index in [0.717, 1.165) is 84.7 Å². The average molecular weight is 472 g/mol. The van der Waals surface area contributed by atoms with E-state index in [-0.39, 0.29) is 19.8 Å². The van der Waals surface area contributed by atoms with Crippen LogP contribution < -0.4 is 0 Å². The van der Waals surface area contributed by atoms with E-state index in [1.807, 2.05) is 0 Å². The van der Waals surface area contributed by atoms with Crippen LogP contribution >= 0.6 is 22.9 Å². The first-order valence-electron chi connectivity index (χ1n) is 9.60. The summed E-state index contributed by atoms with van der Waals surface area (Å²) in [5.41, 5.74) is 0. The van der Waals surface area contributed by atoms with Gasteiger partial charge in [-0.3, -0.25) is 9.80 Å².